The van der Waals surface area contributed by atoms with Crippen molar-refractivity contribution in [2.24, 2.45) is 11.8 Å². The lowest BCUT2D eigenvalue weighted by Crippen LogP contribution is -2.30. The Morgan fingerprint density at radius 1 is 1.41 bits per heavy atom. The lowest BCUT2D eigenvalue weighted by Gasteiger charge is -2.18. The standard InChI is InChI=1S/C14H19N3O5/c1-4-10(18)15-9-5-6-17(14(21)16-9)12-8(3)7(2)11(22-12)13(19)20/h5-8,11-12H,4H2,1-3H3,(H,19,20)(H,15,16,18,21)/t7-,8-,11-,12+/m0/s1. The normalized spacial score (nSPS) is 27.6. The van der Waals surface area contributed by atoms with Gasteiger partial charge in [-0.25, -0.2) is 9.59 Å². The van der Waals surface area contributed by atoms with Gasteiger partial charge in [0.2, 0.25) is 5.91 Å². The third-order valence-electron chi connectivity index (χ3n) is 3.98. The van der Waals surface area contributed by atoms with Gasteiger partial charge in [0.25, 0.3) is 0 Å². The van der Waals surface area contributed by atoms with Crippen LogP contribution in [0.25, 0.3) is 0 Å². The summed E-state index contributed by atoms with van der Waals surface area (Å²) in [6, 6.07) is 1.49. The van der Waals surface area contributed by atoms with Crippen LogP contribution in [0.1, 0.15) is 33.4 Å². The third-order valence-corrected chi connectivity index (χ3v) is 3.98. The number of amides is 1. The molecule has 0 unspecified atom stereocenters. The van der Waals surface area contributed by atoms with E-state index in [0.717, 1.165) is 0 Å². The van der Waals surface area contributed by atoms with Crippen LogP contribution in [-0.2, 0) is 14.3 Å². The van der Waals surface area contributed by atoms with Gasteiger partial charge in [-0.3, -0.25) is 9.36 Å². The summed E-state index contributed by atoms with van der Waals surface area (Å²) < 4.78 is 6.75. The van der Waals surface area contributed by atoms with Crippen LogP contribution >= 0.6 is 0 Å². The first-order valence-corrected chi connectivity index (χ1v) is 7.12. The van der Waals surface area contributed by atoms with E-state index in [9.17, 15) is 14.4 Å². The predicted octanol–water partition coefficient (Wildman–Crippen LogP) is 0.846. The predicted molar refractivity (Wildman–Crippen MR) is 77.3 cm³/mol. The number of nitrogens with zero attached hydrogens (tertiary/aromatic N) is 2. The maximum Gasteiger partial charge on any atom is 0.351 e. The zero-order valence-corrected chi connectivity index (χ0v) is 12.6. The number of carboxylic acids is 1. The lowest BCUT2D eigenvalue weighted by molar-refractivity contribution is -0.153. The Kier molecular flexibility index (Phi) is 4.60. The Morgan fingerprint density at radius 3 is 2.59 bits per heavy atom. The van der Waals surface area contributed by atoms with Crippen molar-refractivity contribution in [3.05, 3.63) is 22.7 Å². The summed E-state index contributed by atoms with van der Waals surface area (Å²) in [6.07, 6.45) is 0.0998. The number of rotatable bonds is 4. The van der Waals surface area contributed by atoms with Crippen molar-refractivity contribution in [3.63, 3.8) is 0 Å². The number of ether oxygens (including phenoxy) is 1. The monoisotopic (exact) mass is 309 g/mol. The van der Waals surface area contributed by atoms with Crippen LogP contribution in [0.5, 0.6) is 0 Å². The third kappa shape index (κ3) is 3.01. The van der Waals surface area contributed by atoms with Gasteiger partial charge in [0.1, 0.15) is 12.0 Å². The molecule has 8 heteroatoms. The second kappa shape index (κ2) is 6.27. The van der Waals surface area contributed by atoms with Crippen molar-refractivity contribution in [2.45, 2.75) is 39.5 Å². The number of hydrogen-bond acceptors (Lipinski definition) is 5. The van der Waals surface area contributed by atoms with E-state index in [1.165, 1.54) is 16.8 Å². The average molecular weight is 309 g/mol. The molecule has 1 saturated heterocycles. The quantitative estimate of drug-likeness (QED) is 0.853. The van der Waals surface area contributed by atoms with Crippen molar-refractivity contribution < 1.29 is 19.4 Å². The molecule has 4 atom stereocenters. The SMILES string of the molecule is CCC(=O)Nc1ccn([C@@H]2O[C@H](C(=O)O)[C@@H](C)[C@@H]2C)c(=O)n1. The van der Waals surface area contributed by atoms with E-state index in [2.05, 4.69) is 10.3 Å². The molecule has 0 bridgehead atoms. The van der Waals surface area contributed by atoms with E-state index in [1.54, 1.807) is 13.8 Å². The first kappa shape index (κ1) is 16.2. The molecule has 2 N–H and O–H groups in total. The minimum Gasteiger partial charge on any atom is -0.479 e. The Morgan fingerprint density at radius 2 is 2.09 bits per heavy atom. The number of aliphatic carboxylic acids is 1. The van der Waals surface area contributed by atoms with Gasteiger partial charge in [0, 0.05) is 24.5 Å². The molecule has 0 aromatic carbocycles. The van der Waals surface area contributed by atoms with Crippen LogP contribution in [0.2, 0.25) is 0 Å². The Bertz CT molecular complexity index is 642. The Labute approximate surface area is 127 Å². The van der Waals surface area contributed by atoms with Gasteiger partial charge in [-0.2, -0.15) is 4.98 Å². The number of carbonyl (C=O) groups excluding carboxylic acids is 1. The van der Waals surface area contributed by atoms with Gasteiger partial charge >= 0.3 is 11.7 Å². The van der Waals surface area contributed by atoms with Crippen LogP contribution in [-0.4, -0.2) is 32.6 Å². The summed E-state index contributed by atoms with van der Waals surface area (Å²) >= 11 is 0. The molecule has 8 nitrogen and oxygen atoms in total. The number of nitrogens with one attached hydrogen (secondary N) is 1. The summed E-state index contributed by atoms with van der Waals surface area (Å²) in [5, 5.41) is 11.6. The van der Waals surface area contributed by atoms with Gasteiger partial charge in [-0.15, -0.1) is 0 Å². The van der Waals surface area contributed by atoms with Crippen LogP contribution < -0.4 is 11.0 Å². The topological polar surface area (TPSA) is 111 Å². The maximum absolute atomic E-state index is 12.1. The molecule has 1 aromatic rings. The summed E-state index contributed by atoms with van der Waals surface area (Å²) in [5.41, 5.74) is -0.594. The molecule has 120 valence electrons. The fourth-order valence-corrected chi connectivity index (χ4v) is 2.44. The molecule has 0 aliphatic carbocycles. The molecular weight excluding hydrogens is 290 g/mol. The van der Waals surface area contributed by atoms with Gasteiger partial charge in [0.15, 0.2) is 6.10 Å². The van der Waals surface area contributed by atoms with Crippen molar-refractivity contribution in [3.8, 4) is 0 Å². The molecule has 1 aliphatic rings. The smallest absolute Gasteiger partial charge is 0.351 e. The van der Waals surface area contributed by atoms with Crippen molar-refractivity contribution in [1.82, 2.24) is 9.55 Å². The molecule has 1 fully saturated rings. The van der Waals surface area contributed by atoms with E-state index in [-0.39, 0.29) is 30.0 Å². The fraction of sp³-hybridized carbons (Fsp3) is 0.571. The number of aromatic nitrogens is 2. The summed E-state index contributed by atoms with van der Waals surface area (Å²) in [6.45, 7) is 5.30. The molecule has 2 rings (SSSR count). The zero-order chi connectivity index (χ0) is 16.4. The molecular formula is C14H19N3O5. The number of hydrogen-bond donors (Lipinski definition) is 2. The molecule has 1 aromatic heterocycles. The largest absolute Gasteiger partial charge is 0.479 e. The van der Waals surface area contributed by atoms with Crippen molar-refractivity contribution in [1.29, 1.82) is 0 Å². The van der Waals surface area contributed by atoms with E-state index in [4.69, 9.17) is 9.84 Å². The number of carboxylic acid groups (broad SMARTS) is 1. The Hall–Kier alpha value is -2.22. The van der Waals surface area contributed by atoms with Gasteiger partial charge < -0.3 is 15.2 Å². The maximum atomic E-state index is 12.1. The first-order chi connectivity index (χ1) is 10.3. The molecule has 1 aliphatic heterocycles. The van der Waals surface area contributed by atoms with Crippen molar-refractivity contribution in [2.75, 3.05) is 5.32 Å². The number of carbonyl (C=O) groups is 2. The number of anilines is 1. The van der Waals surface area contributed by atoms with E-state index in [1.807, 2.05) is 6.92 Å². The van der Waals surface area contributed by atoms with Crippen LogP contribution in [0.3, 0.4) is 0 Å². The average Bonchev–Trinajstić information content (AvgIpc) is 2.76. The second-order valence-electron chi connectivity index (χ2n) is 5.41. The summed E-state index contributed by atoms with van der Waals surface area (Å²) in [5.74, 6) is -1.50. The van der Waals surface area contributed by atoms with E-state index in [0.29, 0.717) is 0 Å². The van der Waals surface area contributed by atoms with E-state index < -0.39 is 24.0 Å². The molecule has 0 spiro atoms. The Balaban J connectivity index is 2.25. The molecule has 2 heterocycles. The van der Waals surface area contributed by atoms with Gasteiger partial charge in [-0.05, 0) is 6.07 Å². The van der Waals surface area contributed by atoms with Gasteiger partial charge in [-0.1, -0.05) is 20.8 Å². The van der Waals surface area contributed by atoms with E-state index >= 15 is 0 Å². The highest BCUT2D eigenvalue weighted by Crippen LogP contribution is 2.38. The summed E-state index contributed by atoms with van der Waals surface area (Å²) in [7, 11) is 0. The van der Waals surface area contributed by atoms with Crippen LogP contribution in [0.4, 0.5) is 5.82 Å². The molecule has 0 radical (unpaired) electrons. The zero-order valence-electron chi connectivity index (χ0n) is 12.6. The highest BCUT2D eigenvalue weighted by Gasteiger charge is 2.44. The highest BCUT2D eigenvalue weighted by molar-refractivity contribution is 5.89. The lowest BCUT2D eigenvalue weighted by atomic mass is 9.93. The first-order valence-electron chi connectivity index (χ1n) is 7.12. The van der Waals surface area contributed by atoms with Gasteiger partial charge in [0.05, 0.1) is 0 Å². The van der Waals surface area contributed by atoms with Crippen LogP contribution in [0, 0.1) is 11.8 Å². The highest BCUT2D eigenvalue weighted by atomic mass is 16.5. The van der Waals surface area contributed by atoms with Crippen LogP contribution in [0.15, 0.2) is 17.1 Å². The second-order valence-corrected chi connectivity index (χ2v) is 5.41. The van der Waals surface area contributed by atoms with Crippen molar-refractivity contribution >= 4 is 17.7 Å². The summed E-state index contributed by atoms with van der Waals surface area (Å²) in [4.78, 5) is 38.3. The minimum absolute atomic E-state index is 0.156. The molecule has 0 saturated carbocycles. The molecule has 1 amide bonds. The minimum atomic E-state index is -1.05. The fourth-order valence-electron chi connectivity index (χ4n) is 2.44. The molecule has 22 heavy (non-hydrogen) atoms.